The summed E-state index contributed by atoms with van der Waals surface area (Å²) >= 11 is 9.52. The molecule has 6 heteroatoms. The molecule has 3 rings (SSSR count). The standard InChI is InChI=1S/C15H15ClN2OS2/c1-9-13(21-10(2)17-9)14(19)18-7-8-20-15(18)11-5-3-4-6-12(11)16/h3-6,15H,7-8H2,1-2H3. The molecule has 1 fully saturated rings. The van der Waals surface area contributed by atoms with Crippen LogP contribution in [0.4, 0.5) is 0 Å². The third kappa shape index (κ3) is 2.82. The highest BCUT2D eigenvalue weighted by Crippen LogP contribution is 2.42. The van der Waals surface area contributed by atoms with Gasteiger partial charge in [0, 0.05) is 22.9 Å². The third-order valence-electron chi connectivity index (χ3n) is 3.42. The molecule has 1 aliphatic rings. The van der Waals surface area contributed by atoms with Gasteiger partial charge in [-0.3, -0.25) is 4.79 Å². The van der Waals surface area contributed by atoms with E-state index in [1.807, 2.05) is 43.0 Å². The summed E-state index contributed by atoms with van der Waals surface area (Å²) in [5.74, 6) is 0.992. The highest BCUT2D eigenvalue weighted by Gasteiger charge is 2.33. The Labute approximate surface area is 137 Å². The molecule has 1 saturated heterocycles. The third-order valence-corrected chi connectivity index (χ3v) is 6.07. The maximum Gasteiger partial charge on any atom is 0.267 e. The van der Waals surface area contributed by atoms with Gasteiger partial charge < -0.3 is 4.90 Å². The summed E-state index contributed by atoms with van der Waals surface area (Å²) < 4.78 is 0. The first kappa shape index (κ1) is 14.9. The van der Waals surface area contributed by atoms with E-state index in [4.69, 9.17) is 11.6 Å². The van der Waals surface area contributed by atoms with Gasteiger partial charge in [-0.05, 0) is 19.9 Å². The van der Waals surface area contributed by atoms with E-state index < -0.39 is 0 Å². The van der Waals surface area contributed by atoms with Gasteiger partial charge in [0.1, 0.15) is 10.3 Å². The van der Waals surface area contributed by atoms with Crippen LogP contribution >= 0.6 is 34.7 Å². The Morgan fingerprint density at radius 3 is 2.81 bits per heavy atom. The maximum atomic E-state index is 12.8. The van der Waals surface area contributed by atoms with Gasteiger partial charge >= 0.3 is 0 Å². The average Bonchev–Trinajstić information content (AvgIpc) is 3.05. The number of aryl methyl sites for hydroxylation is 2. The molecule has 1 aromatic heterocycles. The molecule has 1 aliphatic heterocycles. The normalized spacial score (nSPS) is 18.2. The molecule has 1 unspecified atom stereocenters. The Bertz CT molecular complexity index is 686. The Hall–Kier alpha value is -1.04. The number of amides is 1. The minimum atomic E-state index is -0.00648. The summed E-state index contributed by atoms with van der Waals surface area (Å²) in [6.45, 7) is 4.57. The molecule has 0 N–H and O–H groups in total. The summed E-state index contributed by atoms with van der Waals surface area (Å²) in [5.41, 5.74) is 1.83. The minimum Gasteiger partial charge on any atom is -0.321 e. The molecule has 0 bridgehead atoms. The fourth-order valence-electron chi connectivity index (χ4n) is 2.47. The van der Waals surface area contributed by atoms with Crippen LogP contribution in [0, 0.1) is 13.8 Å². The van der Waals surface area contributed by atoms with Crippen molar-refractivity contribution in [1.82, 2.24) is 9.88 Å². The van der Waals surface area contributed by atoms with E-state index in [2.05, 4.69) is 4.98 Å². The summed E-state index contributed by atoms with van der Waals surface area (Å²) in [5, 5.41) is 1.64. The Kier molecular flexibility index (Phi) is 4.24. The lowest BCUT2D eigenvalue weighted by molar-refractivity contribution is 0.0764. The SMILES string of the molecule is Cc1nc(C)c(C(=O)N2CCSC2c2ccccc2Cl)s1. The van der Waals surface area contributed by atoms with Crippen molar-refractivity contribution in [2.24, 2.45) is 0 Å². The van der Waals surface area contributed by atoms with Gasteiger partial charge in [-0.1, -0.05) is 29.8 Å². The van der Waals surface area contributed by atoms with Crippen molar-refractivity contribution in [2.45, 2.75) is 19.2 Å². The van der Waals surface area contributed by atoms with Crippen LogP contribution in [-0.4, -0.2) is 28.1 Å². The second kappa shape index (κ2) is 5.99. The lowest BCUT2D eigenvalue weighted by Gasteiger charge is -2.24. The average molecular weight is 339 g/mol. The zero-order valence-electron chi connectivity index (χ0n) is 11.8. The zero-order valence-corrected chi connectivity index (χ0v) is 14.2. The van der Waals surface area contributed by atoms with Crippen LogP contribution < -0.4 is 0 Å². The van der Waals surface area contributed by atoms with E-state index in [9.17, 15) is 4.79 Å². The quantitative estimate of drug-likeness (QED) is 0.818. The van der Waals surface area contributed by atoms with Gasteiger partial charge in [-0.2, -0.15) is 0 Å². The van der Waals surface area contributed by atoms with Crippen LogP contribution in [-0.2, 0) is 0 Å². The lowest BCUT2D eigenvalue weighted by Crippen LogP contribution is -2.30. The second-order valence-electron chi connectivity index (χ2n) is 4.89. The van der Waals surface area contributed by atoms with Crippen LogP contribution in [0.25, 0.3) is 0 Å². The van der Waals surface area contributed by atoms with Gasteiger partial charge in [-0.15, -0.1) is 23.1 Å². The topological polar surface area (TPSA) is 33.2 Å². The predicted octanol–water partition coefficient (Wildman–Crippen LogP) is 4.30. The molecule has 1 aromatic carbocycles. The predicted molar refractivity (Wildman–Crippen MR) is 89.3 cm³/mol. The Morgan fingerprint density at radius 1 is 1.38 bits per heavy atom. The van der Waals surface area contributed by atoms with E-state index in [1.54, 1.807) is 11.8 Å². The molecular formula is C15H15ClN2OS2. The number of carbonyl (C=O) groups is 1. The molecule has 3 nitrogen and oxygen atoms in total. The smallest absolute Gasteiger partial charge is 0.267 e. The monoisotopic (exact) mass is 338 g/mol. The van der Waals surface area contributed by atoms with Gasteiger partial charge in [-0.25, -0.2) is 4.98 Å². The van der Waals surface area contributed by atoms with Gasteiger partial charge in [0.2, 0.25) is 0 Å². The summed E-state index contributed by atoms with van der Waals surface area (Å²) in [7, 11) is 0. The summed E-state index contributed by atoms with van der Waals surface area (Å²) in [6.07, 6.45) is 0. The number of rotatable bonds is 2. The maximum absolute atomic E-state index is 12.8. The highest BCUT2D eigenvalue weighted by atomic mass is 35.5. The first-order valence-electron chi connectivity index (χ1n) is 6.69. The number of thioether (sulfide) groups is 1. The van der Waals surface area contributed by atoms with Gasteiger partial charge in [0.15, 0.2) is 0 Å². The van der Waals surface area contributed by atoms with Gasteiger partial charge in [0.05, 0.1) is 10.7 Å². The molecule has 0 radical (unpaired) electrons. The van der Waals surface area contributed by atoms with E-state index >= 15 is 0 Å². The molecule has 2 aromatic rings. The number of hydrogen-bond acceptors (Lipinski definition) is 4. The number of nitrogens with zero attached hydrogens (tertiary/aromatic N) is 2. The molecule has 0 aliphatic carbocycles. The lowest BCUT2D eigenvalue weighted by atomic mass is 10.2. The van der Waals surface area contributed by atoms with Crippen LogP contribution in [0.1, 0.15) is 31.3 Å². The van der Waals surface area contributed by atoms with Crippen LogP contribution in [0.2, 0.25) is 5.02 Å². The van der Waals surface area contributed by atoms with Gasteiger partial charge in [0.25, 0.3) is 5.91 Å². The molecule has 1 amide bonds. The van der Waals surface area contributed by atoms with Crippen molar-refractivity contribution < 1.29 is 4.79 Å². The van der Waals surface area contributed by atoms with Crippen molar-refractivity contribution in [3.63, 3.8) is 0 Å². The molecule has 0 spiro atoms. The van der Waals surface area contributed by atoms with E-state index in [1.165, 1.54) is 11.3 Å². The molecule has 21 heavy (non-hydrogen) atoms. The number of carbonyl (C=O) groups excluding carboxylic acids is 1. The second-order valence-corrected chi connectivity index (χ2v) is 7.69. The van der Waals surface area contributed by atoms with Crippen LogP contribution in [0.3, 0.4) is 0 Å². The fraction of sp³-hybridized carbons (Fsp3) is 0.333. The Balaban J connectivity index is 1.93. The number of aromatic nitrogens is 1. The van der Waals surface area contributed by atoms with E-state index in [0.717, 1.165) is 33.4 Å². The van der Waals surface area contributed by atoms with Crippen molar-refractivity contribution in [1.29, 1.82) is 0 Å². The van der Waals surface area contributed by atoms with Crippen LogP contribution in [0.5, 0.6) is 0 Å². The fourth-order valence-corrected chi connectivity index (χ4v) is 4.94. The van der Waals surface area contributed by atoms with Crippen molar-refractivity contribution in [2.75, 3.05) is 12.3 Å². The molecule has 1 atom stereocenters. The summed E-state index contributed by atoms with van der Waals surface area (Å²) in [6, 6.07) is 7.75. The highest BCUT2D eigenvalue weighted by molar-refractivity contribution is 7.99. The molecular weight excluding hydrogens is 324 g/mol. The number of hydrogen-bond donors (Lipinski definition) is 0. The van der Waals surface area contributed by atoms with Crippen molar-refractivity contribution >= 4 is 40.6 Å². The largest absolute Gasteiger partial charge is 0.321 e. The number of benzene rings is 1. The van der Waals surface area contributed by atoms with Crippen molar-refractivity contribution in [3.8, 4) is 0 Å². The van der Waals surface area contributed by atoms with Crippen LogP contribution in [0.15, 0.2) is 24.3 Å². The van der Waals surface area contributed by atoms with E-state index in [0.29, 0.717) is 5.02 Å². The molecule has 0 saturated carbocycles. The summed E-state index contributed by atoms with van der Waals surface area (Å²) in [4.78, 5) is 19.8. The Morgan fingerprint density at radius 2 is 2.14 bits per heavy atom. The minimum absolute atomic E-state index is 0.00648. The van der Waals surface area contributed by atoms with Crippen molar-refractivity contribution in [3.05, 3.63) is 50.4 Å². The first-order valence-corrected chi connectivity index (χ1v) is 8.93. The number of halogens is 1. The molecule has 2 heterocycles. The zero-order chi connectivity index (χ0) is 15.0. The van der Waals surface area contributed by atoms with E-state index in [-0.39, 0.29) is 11.3 Å². The molecule has 110 valence electrons. The number of thiazole rings is 1. The first-order chi connectivity index (χ1) is 10.1.